The summed E-state index contributed by atoms with van der Waals surface area (Å²) in [6.45, 7) is 38.0. The first kappa shape index (κ1) is 57.5. The van der Waals surface area contributed by atoms with Crippen molar-refractivity contribution in [3.8, 4) is 0 Å². The monoisotopic (exact) mass is 1120 g/mol. The topological polar surface area (TPSA) is 157 Å². The molecule has 4 fully saturated rings. The van der Waals surface area contributed by atoms with E-state index in [0.29, 0.717) is 10.5 Å². The number of fused-ring (bicyclic) bond motifs is 4. The summed E-state index contributed by atoms with van der Waals surface area (Å²) >= 11 is 0. The highest BCUT2D eigenvalue weighted by Crippen LogP contribution is 2.43. The zero-order chi connectivity index (χ0) is 47.9. The molecule has 5 rings (SSSR count). The van der Waals surface area contributed by atoms with E-state index in [9.17, 15) is 8.78 Å². The maximum absolute atomic E-state index is 13.0. The fourth-order valence-corrected chi connectivity index (χ4v) is 67.2. The second-order valence-corrected chi connectivity index (χ2v) is 61.1. The van der Waals surface area contributed by atoms with Gasteiger partial charge in [0.15, 0.2) is 0 Å². The van der Waals surface area contributed by atoms with Crippen LogP contribution in [-0.4, -0.2) is 138 Å². The molecule has 0 spiro atoms. The van der Waals surface area contributed by atoms with Crippen molar-refractivity contribution in [1.82, 2.24) is 0 Å². The highest BCUT2D eigenvalue weighted by atomic mass is 28.6. The Morgan fingerprint density at radius 1 is 0.613 bits per heavy atom. The Balaban J connectivity index is 0.000000288. The highest BCUT2D eigenvalue weighted by Gasteiger charge is 2.73. The maximum Gasteiger partial charge on any atom is 0.475 e. The fourth-order valence-electron chi connectivity index (χ4n) is 7.22. The number of alkyl halides is 2. The summed E-state index contributed by atoms with van der Waals surface area (Å²) in [5, 5.41) is 0.839. The van der Waals surface area contributed by atoms with Gasteiger partial charge in [-0.2, -0.15) is 0 Å². The van der Waals surface area contributed by atoms with Crippen molar-refractivity contribution in [2.45, 2.75) is 124 Å². The molecule has 0 aromatic heterocycles. The summed E-state index contributed by atoms with van der Waals surface area (Å²) in [5.41, 5.74) is 1.94. The first-order chi connectivity index (χ1) is 27.7. The molecule has 6 bridgehead atoms. The standard InChI is InChI=1S/C16H32F2O4Si4.C8H28O12Si9.C5H12OSi/c1-19-24(4,5)21-26(8,9)22-25(6,7)20-23(2,3)15-12-10-11-14(13-15)16(17)18;1-22-10-24(3)14-26(5)12-23(2,9-21)13-27(6)15-25(4,11-22)17-28(7,16-24)20-29(8,18-26)19-27;1-5-7(3,4)6-2/h10-13,16H,1-9H3;22H,1-8,21H3;5H,1H2,2-4H3. The van der Waals surface area contributed by atoms with Crippen LogP contribution in [0.2, 0.25) is 118 Å². The summed E-state index contributed by atoms with van der Waals surface area (Å²) in [6.07, 6.45) is -2.48. The van der Waals surface area contributed by atoms with Crippen molar-refractivity contribution < 1.29 is 79.4 Å². The van der Waals surface area contributed by atoms with Crippen LogP contribution in [0.3, 0.4) is 0 Å². The van der Waals surface area contributed by atoms with Gasteiger partial charge in [-0.1, -0.05) is 30.0 Å². The summed E-state index contributed by atoms with van der Waals surface area (Å²) < 4.78 is 132. The number of hydrogen-bond acceptors (Lipinski definition) is 17. The second-order valence-electron chi connectivity index (χ2n) is 18.1. The van der Waals surface area contributed by atoms with Crippen LogP contribution in [0.4, 0.5) is 8.78 Å². The first-order valence-corrected chi connectivity index (χ1v) is 53.0. The van der Waals surface area contributed by atoms with Gasteiger partial charge in [0.25, 0.3) is 6.43 Å². The molecule has 360 valence electrons. The van der Waals surface area contributed by atoms with Crippen LogP contribution in [-0.2, 0) is 70.6 Å². The normalized spacial score (nSPS) is 35.6. The van der Waals surface area contributed by atoms with Gasteiger partial charge >= 0.3 is 96.6 Å². The molecule has 4 aliphatic rings. The number of halogens is 2. The molecule has 1 aromatic rings. The van der Waals surface area contributed by atoms with Crippen molar-refractivity contribution in [2.75, 3.05) is 14.2 Å². The van der Waals surface area contributed by atoms with Crippen molar-refractivity contribution in [2.24, 2.45) is 0 Å². The van der Waals surface area contributed by atoms with E-state index in [1.54, 1.807) is 72.2 Å². The average Bonchev–Trinajstić information content (AvgIpc) is 3.03. The van der Waals surface area contributed by atoms with Crippen molar-refractivity contribution in [3.05, 3.63) is 42.1 Å². The molecule has 0 radical (unpaired) electrons. The van der Waals surface area contributed by atoms with E-state index >= 15 is 0 Å². The largest absolute Gasteiger partial charge is 0.475 e. The molecule has 17 nitrogen and oxygen atoms in total. The fraction of sp³-hybridized carbons (Fsp3) is 0.724. The summed E-state index contributed by atoms with van der Waals surface area (Å²) in [4.78, 5) is 0. The molecule has 0 aliphatic carbocycles. The van der Waals surface area contributed by atoms with Gasteiger partial charge in [0.1, 0.15) is 10.5 Å². The van der Waals surface area contributed by atoms with Crippen LogP contribution >= 0.6 is 0 Å². The molecular weight excluding hydrogens is 1050 g/mol. The lowest BCUT2D eigenvalue weighted by atomic mass is 10.2. The molecule has 4 unspecified atom stereocenters. The summed E-state index contributed by atoms with van der Waals surface area (Å²) in [6, 6.07) is 6.53. The van der Waals surface area contributed by atoms with Gasteiger partial charge in [-0.25, -0.2) is 8.78 Å². The number of hydrogen-bond donors (Lipinski definition) is 0. The molecule has 33 heteroatoms. The van der Waals surface area contributed by atoms with Crippen molar-refractivity contribution in [3.63, 3.8) is 0 Å². The number of rotatable bonds is 12. The van der Waals surface area contributed by atoms with Gasteiger partial charge in [-0.3, -0.25) is 0 Å². The van der Waals surface area contributed by atoms with Crippen molar-refractivity contribution >= 4 is 129 Å². The third kappa shape index (κ3) is 16.7. The minimum atomic E-state index is -3.43. The van der Waals surface area contributed by atoms with Crippen LogP contribution in [0.25, 0.3) is 0 Å². The Morgan fingerprint density at radius 2 is 1.00 bits per heavy atom. The van der Waals surface area contributed by atoms with Crippen LogP contribution in [0.5, 0.6) is 0 Å². The summed E-state index contributed by atoms with van der Waals surface area (Å²) in [7, 11) is -33.0. The first-order valence-electron chi connectivity index (χ1n) is 20.2. The van der Waals surface area contributed by atoms with Crippen LogP contribution in [0.1, 0.15) is 12.0 Å². The van der Waals surface area contributed by atoms with E-state index in [1.807, 2.05) is 70.7 Å². The van der Waals surface area contributed by atoms with E-state index in [4.69, 9.17) is 70.6 Å². The van der Waals surface area contributed by atoms with E-state index < -0.39 is 120 Å². The quantitative estimate of drug-likeness (QED) is 0.233. The Hall–Kier alpha value is 1.18. The lowest BCUT2D eigenvalue weighted by Crippen LogP contribution is -2.81. The Morgan fingerprint density at radius 3 is 1.35 bits per heavy atom. The molecular formula is C29H72F2O17Si14. The lowest BCUT2D eigenvalue weighted by Gasteiger charge is -2.56. The van der Waals surface area contributed by atoms with Gasteiger partial charge in [0.2, 0.25) is 16.6 Å². The highest BCUT2D eigenvalue weighted by molar-refractivity contribution is 6.99. The molecule has 0 amide bonds. The molecule has 4 heterocycles. The predicted octanol–water partition coefficient (Wildman–Crippen LogP) is 5.75. The van der Waals surface area contributed by atoms with Crippen LogP contribution < -0.4 is 5.19 Å². The smallest absolute Gasteiger partial charge is 0.433 e. The van der Waals surface area contributed by atoms with Crippen molar-refractivity contribution in [1.29, 1.82) is 0 Å². The zero-order valence-electron chi connectivity index (χ0n) is 40.4. The van der Waals surface area contributed by atoms with Crippen LogP contribution in [0, 0.1) is 0 Å². The lowest BCUT2D eigenvalue weighted by molar-refractivity contribution is 0.0153. The van der Waals surface area contributed by atoms with Crippen LogP contribution in [0.15, 0.2) is 36.5 Å². The third-order valence-electron chi connectivity index (χ3n) is 9.30. The van der Waals surface area contributed by atoms with Gasteiger partial charge in [-0.15, -0.1) is 6.58 Å². The Labute approximate surface area is 386 Å². The maximum atomic E-state index is 13.0. The van der Waals surface area contributed by atoms with E-state index in [1.165, 1.54) is 6.07 Å². The second kappa shape index (κ2) is 20.3. The van der Waals surface area contributed by atoms with Gasteiger partial charge in [-0.05, 0) is 77.2 Å². The summed E-state index contributed by atoms with van der Waals surface area (Å²) in [5.74, 6) is 0. The molecule has 0 N–H and O–H groups in total. The van der Waals surface area contributed by atoms with E-state index in [2.05, 4.69) is 19.7 Å². The molecule has 4 aliphatic heterocycles. The molecule has 62 heavy (non-hydrogen) atoms. The Bertz CT molecular complexity index is 1660. The minimum Gasteiger partial charge on any atom is -0.433 e. The predicted molar refractivity (Wildman–Crippen MR) is 263 cm³/mol. The third-order valence-corrected chi connectivity index (χ3v) is 61.6. The minimum absolute atomic E-state index is 0.0259. The molecule has 0 saturated carbocycles. The van der Waals surface area contributed by atoms with Gasteiger partial charge < -0.3 is 70.6 Å². The molecule has 4 saturated heterocycles. The number of benzene rings is 1. The average molecular weight is 1120 g/mol. The van der Waals surface area contributed by atoms with E-state index in [-0.39, 0.29) is 5.56 Å². The Kier molecular flexibility index (Phi) is 18.8. The van der Waals surface area contributed by atoms with E-state index in [0.717, 1.165) is 5.19 Å². The zero-order valence-corrected chi connectivity index (χ0v) is 55.6. The molecule has 1 aromatic carbocycles. The SMILES string of the molecule is C=C[Si](C)(C)OC.CO[Si](C)(C)O[Si](C)(C)O[Si](C)(C)O[Si](C)(C)c1cccc(C(F)F)c1.C[SiH]1O[Si]2(C)O[Si]3(C)O[Si](C)(O[SiH3])O[Si]4(C)O[Si](C)(O1)O[Si](C)(O2)O[Si](C)(O3)O4. The van der Waals surface area contributed by atoms with Gasteiger partial charge in [0.05, 0.1) is 0 Å². The molecule has 4 atom stereocenters. The van der Waals surface area contributed by atoms with Gasteiger partial charge in [0, 0.05) is 65.6 Å².